The highest BCUT2D eigenvalue weighted by atomic mass is 16.7. The molecule has 2 aliphatic heterocycles. The number of hydrogen-bond donors (Lipinski definition) is 0. The van der Waals surface area contributed by atoms with Crippen LogP contribution >= 0.6 is 0 Å². The van der Waals surface area contributed by atoms with Crippen LogP contribution in [0.15, 0.2) is 78.8 Å². The third-order valence-corrected chi connectivity index (χ3v) is 5.88. The summed E-state index contributed by atoms with van der Waals surface area (Å²) in [6.07, 6.45) is 2.53. The summed E-state index contributed by atoms with van der Waals surface area (Å²) in [4.78, 5) is 2.34. The van der Waals surface area contributed by atoms with E-state index in [1.165, 1.54) is 0 Å². The predicted molar refractivity (Wildman–Crippen MR) is 122 cm³/mol. The zero-order valence-electron chi connectivity index (χ0n) is 20.5. The normalized spacial score (nSPS) is 19.8. The molecular formula is C27H29NO3. The third kappa shape index (κ3) is 4.92. The first-order valence-electron chi connectivity index (χ1n) is 12.5. The first-order valence-corrected chi connectivity index (χ1v) is 11.0. The monoisotopic (exact) mass is 418 g/mol. The number of hydrogen-bond acceptors (Lipinski definition) is 4. The third-order valence-electron chi connectivity index (χ3n) is 5.88. The Bertz CT molecular complexity index is 1090. The Balaban J connectivity index is 1.28. The summed E-state index contributed by atoms with van der Waals surface area (Å²) in [5, 5.41) is 0. The Kier molecular flexibility index (Phi) is 5.18. The van der Waals surface area contributed by atoms with Gasteiger partial charge in [-0.05, 0) is 54.6 Å². The van der Waals surface area contributed by atoms with Crippen molar-refractivity contribution in [3.63, 3.8) is 0 Å². The summed E-state index contributed by atoms with van der Waals surface area (Å²) >= 11 is 0. The molecule has 4 nitrogen and oxygen atoms in total. The number of piperidine rings is 1. The van der Waals surface area contributed by atoms with Gasteiger partial charge in [0.1, 0.15) is 6.10 Å². The summed E-state index contributed by atoms with van der Waals surface area (Å²) in [6.45, 7) is 2.47. The molecule has 0 bridgehead atoms. The molecule has 1 atom stereocenters. The minimum absolute atomic E-state index is 0.00509. The van der Waals surface area contributed by atoms with Gasteiger partial charge < -0.3 is 19.1 Å². The number of fused-ring (bicyclic) bond motifs is 1. The molecular weight excluding hydrogens is 386 g/mol. The van der Waals surface area contributed by atoms with Crippen molar-refractivity contribution in [3.8, 4) is 11.5 Å². The lowest BCUT2D eigenvalue weighted by Gasteiger charge is -2.35. The van der Waals surface area contributed by atoms with Crippen LogP contribution in [0.4, 0.5) is 0 Å². The van der Waals surface area contributed by atoms with Gasteiger partial charge in [0.25, 0.3) is 0 Å². The summed E-state index contributed by atoms with van der Waals surface area (Å²) in [5.74, 6) is 0.516. The highest BCUT2D eigenvalue weighted by Gasteiger charge is 2.25. The van der Waals surface area contributed by atoms with Gasteiger partial charge >= 0.3 is 0 Å². The zero-order chi connectivity index (χ0) is 23.5. The van der Waals surface area contributed by atoms with Crippen LogP contribution in [0.2, 0.25) is 0 Å². The summed E-state index contributed by atoms with van der Waals surface area (Å²) < 4.78 is 42.4. The molecule has 1 fully saturated rings. The van der Waals surface area contributed by atoms with E-state index >= 15 is 0 Å². The first-order chi connectivity index (χ1) is 16.6. The topological polar surface area (TPSA) is 30.9 Å². The number of nitrogens with zero attached hydrogens (tertiary/aromatic N) is 1. The maximum absolute atomic E-state index is 8.45. The number of benzene rings is 3. The molecule has 0 unspecified atom stereocenters. The van der Waals surface area contributed by atoms with Crippen molar-refractivity contribution in [2.45, 2.75) is 31.5 Å². The second kappa shape index (κ2) is 9.54. The zero-order valence-corrected chi connectivity index (χ0v) is 17.5. The van der Waals surface area contributed by atoms with Crippen LogP contribution in [0.5, 0.6) is 11.5 Å². The number of rotatable bonds is 7. The molecule has 2 heterocycles. The largest absolute Gasteiger partial charge is 0.454 e. The molecule has 0 saturated carbocycles. The van der Waals surface area contributed by atoms with Crippen LogP contribution in [0.25, 0.3) is 0 Å². The molecule has 0 aliphatic carbocycles. The van der Waals surface area contributed by atoms with E-state index < -0.39 is 0 Å². The molecule has 4 heteroatoms. The smallest absolute Gasteiger partial charge is 0.231 e. The van der Waals surface area contributed by atoms with Gasteiger partial charge in [0.15, 0.2) is 11.5 Å². The van der Waals surface area contributed by atoms with E-state index in [2.05, 4.69) is 29.2 Å². The fourth-order valence-electron chi connectivity index (χ4n) is 4.28. The van der Waals surface area contributed by atoms with Crippen molar-refractivity contribution in [3.05, 3.63) is 95.5 Å². The fourth-order valence-corrected chi connectivity index (χ4v) is 4.28. The van der Waals surface area contributed by atoms with Gasteiger partial charge in [0.2, 0.25) is 6.79 Å². The molecule has 3 aromatic rings. The van der Waals surface area contributed by atoms with Gasteiger partial charge in [-0.1, -0.05) is 66.7 Å². The Morgan fingerprint density at radius 2 is 1.68 bits per heavy atom. The van der Waals surface area contributed by atoms with E-state index in [0.29, 0.717) is 24.3 Å². The van der Waals surface area contributed by atoms with Gasteiger partial charge in [0, 0.05) is 13.1 Å². The second-order valence-corrected chi connectivity index (χ2v) is 8.07. The highest BCUT2D eigenvalue weighted by Crippen LogP contribution is 2.33. The van der Waals surface area contributed by atoms with Crippen LogP contribution in [-0.2, 0) is 11.2 Å². The van der Waals surface area contributed by atoms with Gasteiger partial charge in [-0.15, -0.1) is 0 Å². The minimum Gasteiger partial charge on any atom is -0.454 e. The molecule has 1 saturated heterocycles. The Morgan fingerprint density at radius 1 is 0.968 bits per heavy atom. The Hall–Kier alpha value is -2.82. The van der Waals surface area contributed by atoms with E-state index in [9.17, 15) is 0 Å². The average Bonchev–Trinajstić information content (AvgIpc) is 3.38. The molecule has 0 aromatic heterocycles. The highest BCUT2D eigenvalue weighted by molar-refractivity contribution is 5.44. The predicted octanol–water partition coefficient (Wildman–Crippen LogP) is 5.23. The quantitative estimate of drug-likeness (QED) is 0.526. The first kappa shape index (κ1) is 16.8. The van der Waals surface area contributed by atoms with Crippen molar-refractivity contribution in [2.24, 2.45) is 0 Å². The van der Waals surface area contributed by atoms with E-state index in [1.807, 2.05) is 36.4 Å². The van der Waals surface area contributed by atoms with Crippen molar-refractivity contribution >= 4 is 0 Å². The number of ether oxygens (including phenoxy) is 3. The fraction of sp³-hybridized carbons (Fsp3) is 0.333. The van der Waals surface area contributed by atoms with E-state index in [1.54, 1.807) is 0 Å². The minimum atomic E-state index is -0.119. The van der Waals surface area contributed by atoms with Crippen molar-refractivity contribution < 1.29 is 18.3 Å². The summed E-state index contributed by atoms with van der Waals surface area (Å²) in [5.41, 5.74) is 2.84. The second-order valence-electron chi connectivity index (χ2n) is 8.07. The Morgan fingerprint density at radius 3 is 2.42 bits per heavy atom. The lowest BCUT2D eigenvalue weighted by Crippen LogP contribution is -2.41. The Labute approximate surface area is 188 Å². The maximum Gasteiger partial charge on any atom is 0.231 e. The molecule has 31 heavy (non-hydrogen) atoms. The van der Waals surface area contributed by atoms with Crippen molar-refractivity contribution in [1.29, 1.82) is 0 Å². The average molecular weight is 419 g/mol. The van der Waals surface area contributed by atoms with Gasteiger partial charge in [-0.25, -0.2) is 0 Å². The van der Waals surface area contributed by atoms with Crippen LogP contribution in [0, 0.1) is 0 Å². The molecule has 5 rings (SSSR count). The molecule has 0 N–H and O–H groups in total. The van der Waals surface area contributed by atoms with Crippen LogP contribution in [0.3, 0.4) is 0 Å². The SMILES string of the molecule is [2H]c1c([2H])c2c(c([2H])c1CCN1CCC[C@@H](OC(c3ccccc3)c3ccccc3)C1)OCO2. The summed E-state index contributed by atoms with van der Waals surface area (Å²) in [6, 6.07) is 20.9. The van der Waals surface area contributed by atoms with Gasteiger partial charge in [-0.3, -0.25) is 0 Å². The van der Waals surface area contributed by atoms with Crippen LogP contribution < -0.4 is 9.47 Å². The van der Waals surface area contributed by atoms with Crippen LogP contribution in [0.1, 0.15) is 39.7 Å². The molecule has 0 radical (unpaired) electrons. The van der Waals surface area contributed by atoms with E-state index in [-0.39, 0.29) is 42.9 Å². The molecule has 0 spiro atoms. The van der Waals surface area contributed by atoms with Gasteiger partial charge in [0.05, 0.1) is 10.2 Å². The van der Waals surface area contributed by atoms with Gasteiger partial charge in [-0.2, -0.15) is 0 Å². The van der Waals surface area contributed by atoms with E-state index in [0.717, 1.165) is 37.1 Å². The molecule has 3 aromatic carbocycles. The van der Waals surface area contributed by atoms with Crippen molar-refractivity contribution in [2.75, 3.05) is 26.4 Å². The van der Waals surface area contributed by atoms with E-state index in [4.69, 9.17) is 18.3 Å². The van der Waals surface area contributed by atoms with Crippen molar-refractivity contribution in [1.82, 2.24) is 4.90 Å². The lowest BCUT2D eigenvalue weighted by atomic mass is 10.00. The molecule has 2 aliphatic rings. The number of likely N-dealkylation sites (tertiary alicyclic amines) is 1. The van der Waals surface area contributed by atoms with Crippen LogP contribution in [-0.4, -0.2) is 37.4 Å². The lowest BCUT2D eigenvalue weighted by molar-refractivity contribution is -0.0330. The summed E-state index contributed by atoms with van der Waals surface area (Å²) in [7, 11) is 0. The standard InChI is InChI=1S/C27H29NO3/c1-3-8-22(9-4-1)27(23-10-5-2-6-11-23)31-24-12-7-16-28(19-24)17-15-21-13-14-25-26(18-21)30-20-29-25/h1-6,8-11,13-14,18,24,27H,7,12,15-17,19-20H2/t24-/m1/s1/i13D,14D,18D. The molecule has 0 amide bonds. The maximum atomic E-state index is 8.45. The molecule has 160 valence electrons.